The van der Waals surface area contributed by atoms with Crippen molar-refractivity contribution in [3.63, 3.8) is 0 Å². The van der Waals surface area contributed by atoms with Crippen LogP contribution in [0.25, 0.3) is 0 Å². The van der Waals surface area contributed by atoms with Crippen molar-refractivity contribution in [2.24, 2.45) is 11.7 Å². The summed E-state index contributed by atoms with van der Waals surface area (Å²) in [6.45, 7) is 1.21. The lowest BCUT2D eigenvalue weighted by atomic mass is 9.92. The van der Waals surface area contributed by atoms with Crippen molar-refractivity contribution >= 4 is 45.1 Å². The minimum Gasteiger partial charge on any atom is -0.494 e. The molecule has 4 rings (SSSR count). The summed E-state index contributed by atoms with van der Waals surface area (Å²) in [5, 5.41) is 15.4. The molecule has 13 nitrogen and oxygen atoms in total. The summed E-state index contributed by atoms with van der Waals surface area (Å²) in [5.74, 6) is -6.62. The number of rotatable bonds is 11. The van der Waals surface area contributed by atoms with Crippen molar-refractivity contribution in [2.75, 3.05) is 37.2 Å². The number of amides is 3. The molecule has 47 heavy (non-hydrogen) atoms. The molecule has 3 amide bonds. The minimum atomic E-state index is -4.01. The number of ether oxygens (including phenoxy) is 2. The summed E-state index contributed by atoms with van der Waals surface area (Å²) in [4.78, 5) is 51.8. The van der Waals surface area contributed by atoms with Crippen molar-refractivity contribution in [2.45, 2.75) is 30.3 Å². The number of anilines is 2. The summed E-state index contributed by atoms with van der Waals surface area (Å²) < 4.78 is 65.7. The molecule has 0 aliphatic carbocycles. The molecule has 0 spiro atoms. The number of carbonyl (C=O) groups excluding carboxylic acids is 3. The Morgan fingerprint density at radius 2 is 1.74 bits per heavy atom. The summed E-state index contributed by atoms with van der Waals surface area (Å²) in [7, 11) is -1.70. The molecule has 3 atom stereocenters. The van der Waals surface area contributed by atoms with Crippen LogP contribution in [0, 0.1) is 17.6 Å². The van der Waals surface area contributed by atoms with E-state index in [4.69, 9.17) is 10.5 Å². The van der Waals surface area contributed by atoms with E-state index >= 15 is 4.39 Å². The maximum absolute atomic E-state index is 15.1. The second-order valence-electron chi connectivity index (χ2n) is 10.5. The highest BCUT2D eigenvalue weighted by Gasteiger charge is 2.46. The molecule has 1 saturated heterocycles. The van der Waals surface area contributed by atoms with Crippen molar-refractivity contribution in [1.29, 1.82) is 0 Å². The van der Waals surface area contributed by atoms with Crippen LogP contribution >= 0.6 is 0 Å². The van der Waals surface area contributed by atoms with Gasteiger partial charge in [0.2, 0.25) is 11.8 Å². The van der Waals surface area contributed by atoms with Gasteiger partial charge in [-0.15, -0.1) is 0 Å². The van der Waals surface area contributed by atoms with Crippen LogP contribution < -0.4 is 21.1 Å². The van der Waals surface area contributed by atoms with E-state index in [0.717, 1.165) is 36.3 Å². The Balaban J connectivity index is 1.92. The molecule has 3 aromatic carbocycles. The van der Waals surface area contributed by atoms with Crippen LogP contribution in [0.1, 0.15) is 46.9 Å². The van der Waals surface area contributed by atoms with E-state index in [1.165, 1.54) is 44.4 Å². The van der Waals surface area contributed by atoms with Crippen LogP contribution in [0.2, 0.25) is 0 Å². The highest BCUT2D eigenvalue weighted by molar-refractivity contribution is 7.91. The topological polar surface area (TPSA) is 194 Å². The average Bonchev–Trinajstić information content (AvgIpc) is 3.50. The first-order valence-corrected chi connectivity index (χ1v) is 15.8. The predicted molar refractivity (Wildman–Crippen MR) is 165 cm³/mol. The fourth-order valence-electron chi connectivity index (χ4n) is 5.40. The number of benzene rings is 3. The van der Waals surface area contributed by atoms with E-state index in [9.17, 15) is 37.1 Å². The number of nitrogens with one attached hydrogen (secondary N) is 2. The smallest absolute Gasteiger partial charge is 0.411 e. The van der Waals surface area contributed by atoms with Crippen LogP contribution in [-0.2, 0) is 24.2 Å². The van der Waals surface area contributed by atoms with E-state index in [1.54, 1.807) is 0 Å². The zero-order chi connectivity index (χ0) is 34.6. The van der Waals surface area contributed by atoms with Crippen LogP contribution in [0.15, 0.2) is 59.5 Å². The number of primary amides is 1. The molecule has 5 N–H and O–H groups in total. The standard InChI is InChI=1S/C31H32F2N4O9S/c1-4-47(43,44)25-10-7-18(35-31(42)46-3)15-20(25)27-19(30(40)41)11-12-37(27)29(39)26(16-5-9-22(33)24(14-16)45-2)36-23-13-17(28(34)38)6-8-21(23)32/h5-10,13-15,19,26-27,36H,4,11-12H2,1-3H3,(H2,34,38)(H,35,42)(H,40,41)/t19?,26-,27?/m1/s1. The van der Waals surface area contributed by atoms with Crippen molar-refractivity contribution in [1.82, 2.24) is 4.90 Å². The van der Waals surface area contributed by atoms with Gasteiger partial charge in [0.1, 0.15) is 11.9 Å². The van der Waals surface area contributed by atoms with Crippen molar-refractivity contribution in [3.05, 3.63) is 82.9 Å². The second-order valence-corrected chi connectivity index (χ2v) is 12.8. The monoisotopic (exact) mass is 674 g/mol. The zero-order valence-corrected chi connectivity index (χ0v) is 26.3. The molecule has 1 aliphatic rings. The summed E-state index contributed by atoms with van der Waals surface area (Å²) >= 11 is 0. The first-order valence-electron chi connectivity index (χ1n) is 14.2. The first-order chi connectivity index (χ1) is 22.2. The molecule has 0 aromatic heterocycles. The van der Waals surface area contributed by atoms with Gasteiger partial charge in [-0.3, -0.25) is 19.7 Å². The van der Waals surface area contributed by atoms with E-state index in [1.807, 2.05) is 0 Å². The number of nitrogens with zero attached hydrogens (tertiary/aromatic N) is 1. The largest absolute Gasteiger partial charge is 0.494 e. The number of methoxy groups -OCH3 is 2. The number of sulfone groups is 1. The van der Waals surface area contributed by atoms with Gasteiger partial charge in [0, 0.05) is 17.8 Å². The van der Waals surface area contributed by atoms with Gasteiger partial charge in [0.25, 0.3) is 0 Å². The molecular weight excluding hydrogens is 642 g/mol. The van der Waals surface area contributed by atoms with E-state index in [0.29, 0.717) is 0 Å². The summed E-state index contributed by atoms with van der Waals surface area (Å²) in [6.07, 6.45) is -0.984. The summed E-state index contributed by atoms with van der Waals surface area (Å²) in [6, 6.07) is 7.42. The number of hydrogen-bond donors (Lipinski definition) is 4. The van der Waals surface area contributed by atoms with Crippen LogP contribution in [0.3, 0.4) is 0 Å². The average molecular weight is 675 g/mol. The summed E-state index contributed by atoms with van der Waals surface area (Å²) in [5.41, 5.74) is 4.99. The molecule has 0 radical (unpaired) electrons. The molecule has 16 heteroatoms. The lowest BCUT2D eigenvalue weighted by molar-refractivity contribution is -0.143. The molecule has 0 bridgehead atoms. The minimum absolute atomic E-state index is 0.0635. The number of carbonyl (C=O) groups is 4. The van der Waals surface area contributed by atoms with Crippen molar-refractivity contribution in [3.8, 4) is 5.75 Å². The predicted octanol–water partition coefficient (Wildman–Crippen LogP) is 3.87. The van der Waals surface area contributed by atoms with Gasteiger partial charge in [-0.05, 0) is 66.1 Å². The maximum atomic E-state index is 15.1. The highest BCUT2D eigenvalue weighted by Crippen LogP contribution is 2.43. The van der Waals surface area contributed by atoms with E-state index in [2.05, 4.69) is 15.4 Å². The van der Waals surface area contributed by atoms with Gasteiger partial charge in [-0.2, -0.15) is 0 Å². The van der Waals surface area contributed by atoms with Gasteiger partial charge in [0.05, 0.1) is 42.5 Å². The fraction of sp³-hybridized carbons (Fsp3) is 0.290. The lowest BCUT2D eigenvalue weighted by Crippen LogP contribution is -2.40. The Bertz CT molecular complexity index is 1840. The van der Waals surface area contributed by atoms with E-state index in [-0.39, 0.29) is 57.4 Å². The number of likely N-dealkylation sites (tertiary alicyclic amines) is 1. The number of carboxylic acid groups (broad SMARTS) is 1. The third-order valence-corrected chi connectivity index (χ3v) is 9.58. The number of halogens is 2. The molecular formula is C31H32F2N4O9S. The first kappa shape index (κ1) is 34.6. The number of carboxylic acids is 1. The quantitative estimate of drug-likeness (QED) is 0.232. The molecule has 1 fully saturated rings. The Morgan fingerprint density at radius 3 is 2.36 bits per heavy atom. The Morgan fingerprint density at radius 1 is 1.04 bits per heavy atom. The van der Waals surface area contributed by atoms with Gasteiger partial charge in [-0.25, -0.2) is 22.0 Å². The molecule has 0 saturated carbocycles. The fourth-order valence-corrected chi connectivity index (χ4v) is 6.53. The Labute approximate surface area is 268 Å². The second kappa shape index (κ2) is 14.0. The normalized spacial score (nSPS) is 16.7. The molecule has 1 aliphatic heterocycles. The Kier molecular flexibility index (Phi) is 10.3. The van der Waals surface area contributed by atoms with Gasteiger partial charge >= 0.3 is 12.1 Å². The highest BCUT2D eigenvalue weighted by atomic mass is 32.2. The zero-order valence-electron chi connectivity index (χ0n) is 25.5. The van der Waals surface area contributed by atoms with Crippen LogP contribution in [0.4, 0.5) is 25.0 Å². The van der Waals surface area contributed by atoms with Gasteiger partial charge < -0.3 is 30.5 Å². The van der Waals surface area contributed by atoms with Gasteiger partial charge in [-0.1, -0.05) is 13.0 Å². The number of aliphatic carboxylic acids is 1. The number of hydrogen-bond acceptors (Lipinski definition) is 9. The lowest BCUT2D eigenvalue weighted by Gasteiger charge is -2.33. The van der Waals surface area contributed by atoms with Crippen LogP contribution in [0.5, 0.6) is 5.75 Å². The maximum Gasteiger partial charge on any atom is 0.411 e. The third-order valence-electron chi connectivity index (χ3n) is 7.78. The number of nitrogens with two attached hydrogens (primary N) is 1. The van der Waals surface area contributed by atoms with E-state index < -0.39 is 63.4 Å². The SMILES string of the molecule is CCS(=O)(=O)c1ccc(NC(=O)OC)cc1C1C(C(=O)O)CCN1C(=O)[C@H](Nc1cc(C(N)=O)ccc1F)c1ccc(F)c(OC)c1. The van der Waals surface area contributed by atoms with Gasteiger partial charge in [0.15, 0.2) is 21.4 Å². The molecule has 2 unspecified atom stereocenters. The van der Waals surface area contributed by atoms with Crippen LogP contribution in [-0.4, -0.2) is 68.8 Å². The molecule has 250 valence electrons. The van der Waals surface area contributed by atoms with Crippen molar-refractivity contribution < 1.29 is 51.0 Å². The third kappa shape index (κ3) is 7.27. The molecule has 3 aromatic rings. The Hall–Kier alpha value is -5.25. The molecule has 1 heterocycles.